The van der Waals surface area contributed by atoms with Crippen LogP contribution in [0, 0.1) is 17.2 Å². The molecule has 110 valence electrons. The first kappa shape index (κ1) is 16.9. The summed E-state index contributed by atoms with van der Waals surface area (Å²) in [6.45, 7) is 3.60. The Labute approximate surface area is 125 Å². The van der Waals surface area contributed by atoms with Gasteiger partial charge in [0.1, 0.15) is 0 Å². The normalized spacial score (nSPS) is 22.6. The summed E-state index contributed by atoms with van der Waals surface area (Å²) in [4.78, 5) is 0.143. The first-order valence-corrected chi connectivity index (χ1v) is 7.74. The predicted molar refractivity (Wildman–Crippen MR) is 79.2 cm³/mol. The zero-order valence-corrected chi connectivity index (χ0v) is 12.8. The first-order valence-electron chi connectivity index (χ1n) is 6.26. The monoisotopic (exact) mass is 315 g/mol. The molecule has 0 aliphatic carbocycles. The van der Waals surface area contributed by atoms with E-state index in [1.807, 2.05) is 13.0 Å². The number of sulfonamides is 1. The number of hydrogen-bond donors (Lipinski definition) is 2. The van der Waals surface area contributed by atoms with Crippen LogP contribution in [0.2, 0.25) is 0 Å². The van der Waals surface area contributed by atoms with E-state index in [0.29, 0.717) is 18.0 Å². The van der Waals surface area contributed by atoms with Gasteiger partial charge in [-0.05, 0) is 37.1 Å². The third-order valence-corrected chi connectivity index (χ3v) is 4.90. The Morgan fingerprint density at radius 1 is 1.45 bits per heavy atom. The van der Waals surface area contributed by atoms with Gasteiger partial charge in [-0.15, -0.1) is 12.4 Å². The third kappa shape index (κ3) is 3.93. The van der Waals surface area contributed by atoms with Gasteiger partial charge in [0.15, 0.2) is 0 Å². The highest BCUT2D eigenvalue weighted by atomic mass is 35.5. The fourth-order valence-corrected chi connectivity index (χ4v) is 3.54. The van der Waals surface area contributed by atoms with Gasteiger partial charge in [0.2, 0.25) is 10.0 Å². The summed E-state index contributed by atoms with van der Waals surface area (Å²) in [6, 6.07) is 7.90. The van der Waals surface area contributed by atoms with Gasteiger partial charge in [0, 0.05) is 12.6 Å². The number of hydrogen-bond acceptors (Lipinski definition) is 4. The van der Waals surface area contributed by atoms with Crippen LogP contribution < -0.4 is 10.0 Å². The number of nitrogens with one attached hydrogen (secondary N) is 2. The van der Waals surface area contributed by atoms with E-state index in [1.54, 1.807) is 12.1 Å². The number of benzene rings is 1. The summed E-state index contributed by atoms with van der Waals surface area (Å²) >= 11 is 0. The first-order chi connectivity index (χ1) is 9.03. The standard InChI is InChI=1S/C13H17N3O2S.ClH/c1-10-5-6-15-9-13(10)16-19(17,18)12-4-2-3-11(7-12)8-14;/h2-4,7,10,13,15-16H,5-6,9H2,1H3;1H. The highest BCUT2D eigenvalue weighted by Crippen LogP contribution is 2.16. The third-order valence-electron chi connectivity index (χ3n) is 3.41. The van der Waals surface area contributed by atoms with E-state index in [9.17, 15) is 8.42 Å². The number of nitriles is 1. The van der Waals surface area contributed by atoms with E-state index in [4.69, 9.17) is 5.26 Å². The fraction of sp³-hybridized carbons (Fsp3) is 0.462. The lowest BCUT2D eigenvalue weighted by molar-refractivity contribution is 0.327. The van der Waals surface area contributed by atoms with Crippen LogP contribution in [0.15, 0.2) is 29.2 Å². The zero-order chi connectivity index (χ0) is 13.9. The Morgan fingerprint density at radius 3 is 2.85 bits per heavy atom. The Morgan fingerprint density at radius 2 is 2.20 bits per heavy atom. The molecular formula is C13H18ClN3O2S. The van der Waals surface area contributed by atoms with Gasteiger partial charge >= 0.3 is 0 Å². The molecule has 1 aliphatic heterocycles. The lowest BCUT2D eigenvalue weighted by Crippen LogP contribution is -2.50. The highest BCUT2D eigenvalue weighted by molar-refractivity contribution is 7.89. The molecule has 2 unspecified atom stereocenters. The second-order valence-electron chi connectivity index (χ2n) is 4.84. The minimum atomic E-state index is -3.57. The molecule has 7 heteroatoms. The summed E-state index contributed by atoms with van der Waals surface area (Å²) in [5.41, 5.74) is 0.345. The van der Waals surface area contributed by atoms with Crippen molar-refractivity contribution in [2.24, 2.45) is 5.92 Å². The molecule has 0 aromatic heterocycles. The molecule has 1 aromatic carbocycles. The maximum absolute atomic E-state index is 12.3. The molecule has 1 saturated heterocycles. The van der Waals surface area contributed by atoms with Crippen molar-refractivity contribution in [3.05, 3.63) is 29.8 Å². The molecule has 0 spiro atoms. The lowest BCUT2D eigenvalue weighted by atomic mass is 9.96. The largest absolute Gasteiger partial charge is 0.315 e. The molecule has 2 atom stereocenters. The van der Waals surface area contributed by atoms with Crippen LogP contribution in [0.25, 0.3) is 0 Å². The van der Waals surface area contributed by atoms with Crippen molar-refractivity contribution in [3.8, 4) is 6.07 Å². The average Bonchev–Trinajstić information content (AvgIpc) is 2.41. The minimum absolute atomic E-state index is 0. The van der Waals surface area contributed by atoms with Crippen LogP contribution in [0.1, 0.15) is 18.9 Å². The van der Waals surface area contributed by atoms with Gasteiger partial charge < -0.3 is 5.32 Å². The Bertz CT molecular complexity index is 598. The smallest absolute Gasteiger partial charge is 0.240 e. The number of halogens is 1. The quantitative estimate of drug-likeness (QED) is 0.879. The highest BCUT2D eigenvalue weighted by Gasteiger charge is 2.26. The van der Waals surface area contributed by atoms with Crippen LogP contribution in [0.3, 0.4) is 0 Å². The Balaban J connectivity index is 0.00000200. The SMILES string of the molecule is CC1CCNCC1NS(=O)(=O)c1cccc(C#N)c1.Cl. The number of piperidine rings is 1. The summed E-state index contributed by atoms with van der Waals surface area (Å²) < 4.78 is 27.2. The van der Waals surface area contributed by atoms with Crippen LogP contribution in [-0.2, 0) is 10.0 Å². The summed E-state index contributed by atoms with van der Waals surface area (Å²) in [7, 11) is -3.57. The van der Waals surface area contributed by atoms with E-state index in [2.05, 4.69) is 10.0 Å². The van der Waals surface area contributed by atoms with E-state index in [0.717, 1.165) is 13.0 Å². The molecule has 20 heavy (non-hydrogen) atoms. The summed E-state index contributed by atoms with van der Waals surface area (Å²) in [5.74, 6) is 0.301. The van der Waals surface area contributed by atoms with Gasteiger partial charge in [-0.2, -0.15) is 5.26 Å². The van der Waals surface area contributed by atoms with Crippen molar-refractivity contribution in [2.75, 3.05) is 13.1 Å². The number of rotatable bonds is 3. The Hall–Kier alpha value is -1.13. The van der Waals surface area contributed by atoms with Crippen molar-refractivity contribution in [3.63, 3.8) is 0 Å². The average molecular weight is 316 g/mol. The summed E-state index contributed by atoms with van der Waals surface area (Å²) in [6.07, 6.45) is 0.950. The topological polar surface area (TPSA) is 82.0 Å². The molecule has 1 aromatic rings. The maximum Gasteiger partial charge on any atom is 0.240 e. The van der Waals surface area contributed by atoms with Gasteiger partial charge in [0.05, 0.1) is 16.5 Å². The molecule has 5 nitrogen and oxygen atoms in total. The van der Waals surface area contributed by atoms with Crippen LogP contribution in [-0.4, -0.2) is 27.5 Å². The fourth-order valence-electron chi connectivity index (χ4n) is 2.15. The van der Waals surface area contributed by atoms with Crippen molar-refractivity contribution in [1.82, 2.24) is 10.0 Å². The minimum Gasteiger partial charge on any atom is -0.315 e. The zero-order valence-electron chi connectivity index (χ0n) is 11.2. The summed E-state index contributed by atoms with van der Waals surface area (Å²) in [5, 5.41) is 12.0. The van der Waals surface area contributed by atoms with Gasteiger partial charge in [-0.1, -0.05) is 13.0 Å². The predicted octanol–water partition coefficient (Wildman–Crippen LogP) is 1.26. The van der Waals surface area contributed by atoms with Crippen molar-refractivity contribution in [1.29, 1.82) is 5.26 Å². The molecule has 2 rings (SSSR count). The van der Waals surface area contributed by atoms with Crippen molar-refractivity contribution < 1.29 is 8.42 Å². The van der Waals surface area contributed by atoms with E-state index >= 15 is 0 Å². The van der Waals surface area contributed by atoms with Crippen molar-refractivity contribution in [2.45, 2.75) is 24.3 Å². The molecule has 0 amide bonds. The van der Waals surface area contributed by atoms with Gasteiger partial charge in [0.25, 0.3) is 0 Å². The molecule has 1 aliphatic rings. The molecule has 2 N–H and O–H groups in total. The van der Waals surface area contributed by atoms with Crippen LogP contribution in [0.5, 0.6) is 0 Å². The molecule has 1 heterocycles. The van der Waals surface area contributed by atoms with E-state index < -0.39 is 10.0 Å². The van der Waals surface area contributed by atoms with E-state index in [1.165, 1.54) is 12.1 Å². The van der Waals surface area contributed by atoms with Crippen LogP contribution in [0.4, 0.5) is 0 Å². The van der Waals surface area contributed by atoms with Crippen molar-refractivity contribution >= 4 is 22.4 Å². The lowest BCUT2D eigenvalue weighted by Gasteiger charge is -2.29. The maximum atomic E-state index is 12.3. The van der Waals surface area contributed by atoms with Gasteiger partial charge in [-0.3, -0.25) is 0 Å². The van der Waals surface area contributed by atoms with Crippen LogP contribution >= 0.6 is 12.4 Å². The Kier molecular flexibility index (Phi) is 5.96. The second kappa shape index (κ2) is 7.04. The molecule has 0 saturated carbocycles. The van der Waals surface area contributed by atoms with Gasteiger partial charge in [-0.25, -0.2) is 13.1 Å². The van der Waals surface area contributed by atoms with E-state index in [-0.39, 0.29) is 23.3 Å². The second-order valence-corrected chi connectivity index (χ2v) is 6.55. The molecule has 0 radical (unpaired) electrons. The number of nitrogens with zero attached hydrogens (tertiary/aromatic N) is 1. The molecule has 0 bridgehead atoms. The molecular weight excluding hydrogens is 298 g/mol. The molecule has 1 fully saturated rings.